The lowest BCUT2D eigenvalue weighted by atomic mass is 10.2. The second kappa shape index (κ2) is 7.10. The van der Waals surface area contributed by atoms with Crippen LogP contribution in [0.25, 0.3) is 0 Å². The van der Waals surface area contributed by atoms with Crippen molar-refractivity contribution >= 4 is 23.2 Å². The molecule has 0 heterocycles. The fraction of sp³-hybridized carbons (Fsp3) is 0.538. The highest BCUT2D eigenvalue weighted by Crippen LogP contribution is 2.24. The average molecular weight is 276 g/mol. The molecule has 0 fully saturated rings. The zero-order valence-corrected chi connectivity index (χ0v) is 12.0. The molecule has 17 heavy (non-hydrogen) atoms. The summed E-state index contributed by atoms with van der Waals surface area (Å²) < 4.78 is 5.73. The van der Waals surface area contributed by atoms with Crippen LogP contribution in [0.4, 0.5) is 0 Å². The Morgan fingerprint density at radius 3 is 2.18 bits per heavy atom. The van der Waals surface area contributed by atoms with E-state index in [1.807, 2.05) is 6.92 Å². The van der Waals surface area contributed by atoms with Gasteiger partial charge in [0.1, 0.15) is 11.9 Å². The van der Waals surface area contributed by atoms with Gasteiger partial charge in [0.15, 0.2) is 0 Å². The Kier molecular flexibility index (Phi) is 6.10. The van der Waals surface area contributed by atoms with E-state index in [9.17, 15) is 0 Å². The lowest BCUT2D eigenvalue weighted by Crippen LogP contribution is -2.31. The van der Waals surface area contributed by atoms with Gasteiger partial charge in [-0.15, -0.1) is 0 Å². The maximum atomic E-state index is 5.90. The smallest absolute Gasteiger partial charge is 0.122 e. The van der Waals surface area contributed by atoms with Gasteiger partial charge in [0, 0.05) is 16.6 Å². The molecule has 0 aromatic heterocycles. The normalized spacial score (nSPS) is 12.8. The summed E-state index contributed by atoms with van der Waals surface area (Å²) in [5.41, 5.74) is 0. The van der Waals surface area contributed by atoms with Gasteiger partial charge in [-0.25, -0.2) is 0 Å². The molecule has 0 aliphatic carbocycles. The fourth-order valence-electron chi connectivity index (χ4n) is 1.45. The van der Waals surface area contributed by atoms with Crippen molar-refractivity contribution in [1.82, 2.24) is 5.32 Å². The molecule has 0 bridgehead atoms. The Balaban J connectivity index is 2.42. The molecule has 1 unspecified atom stereocenters. The van der Waals surface area contributed by atoms with Crippen LogP contribution in [0.15, 0.2) is 18.2 Å². The molecule has 0 spiro atoms. The molecule has 1 atom stereocenters. The molecule has 0 aliphatic heterocycles. The van der Waals surface area contributed by atoms with Gasteiger partial charge in [-0.2, -0.15) is 0 Å². The second-order valence-electron chi connectivity index (χ2n) is 4.59. The van der Waals surface area contributed by atoms with Crippen molar-refractivity contribution in [3.63, 3.8) is 0 Å². The largest absolute Gasteiger partial charge is 0.489 e. The standard InChI is InChI=1S/C13H19Cl2NO/c1-9(2)7-16-8-10(3)17-13-5-11(14)4-12(15)6-13/h4-6,9-10,16H,7-8H2,1-3H3. The topological polar surface area (TPSA) is 21.3 Å². The molecular formula is C13H19Cl2NO. The lowest BCUT2D eigenvalue weighted by Gasteiger charge is -2.16. The van der Waals surface area contributed by atoms with Crippen molar-refractivity contribution in [2.45, 2.75) is 26.9 Å². The van der Waals surface area contributed by atoms with Gasteiger partial charge in [0.25, 0.3) is 0 Å². The van der Waals surface area contributed by atoms with Gasteiger partial charge in [0.2, 0.25) is 0 Å². The highest BCUT2D eigenvalue weighted by atomic mass is 35.5. The first kappa shape index (κ1) is 14.6. The number of hydrogen-bond donors (Lipinski definition) is 1. The van der Waals surface area contributed by atoms with Crippen LogP contribution in [-0.4, -0.2) is 19.2 Å². The van der Waals surface area contributed by atoms with E-state index < -0.39 is 0 Å². The van der Waals surface area contributed by atoms with Gasteiger partial charge in [-0.1, -0.05) is 37.0 Å². The summed E-state index contributed by atoms with van der Waals surface area (Å²) in [4.78, 5) is 0. The molecule has 0 aliphatic rings. The zero-order valence-electron chi connectivity index (χ0n) is 10.5. The molecule has 1 aromatic carbocycles. The van der Waals surface area contributed by atoms with Gasteiger partial charge in [0.05, 0.1) is 0 Å². The molecule has 0 saturated heterocycles. The van der Waals surface area contributed by atoms with Crippen molar-refractivity contribution in [1.29, 1.82) is 0 Å². The van der Waals surface area contributed by atoms with Gasteiger partial charge in [-0.3, -0.25) is 0 Å². The van der Waals surface area contributed by atoms with Crippen molar-refractivity contribution in [2.75, 3.05) is 13.1 Å². The number of hydrogen-bond acceptors (Lipinski definition) is 2. The predicted molar refractivity (Wildman–Crippen MR) is 74.3 cm³/mol. The molecule has 2 nitrogen and oxygen atoms in total. The first-order valence-corrected chi connectivity index (χ1v) is 6.56. The maximum Gasteiger partial charge on any atom is 0.122 e. The first-order valence-electron chi connectivity index (χ1n) is 5.81. The van der Waals surface area contributed by atoms with Crippen LogP contribution in [0.2, 0.25) is 10.0 Å². The van der Waals surface area contributed by atoms with E-state index in [2.05, 4.69) is 19.2 Å². The Morgan fingerprint density at radius 1 is 1.06 bits per heavy atom. The second-order valence-corrected chi connectivity index (χ2v) is 5.46. The summed E-state index contributed by atoms with van der Waals surface area (Å²) in [5.74, 6) is 1.35. The van der Waals surface area contributed by atoms with Gasteiger partial charge >= 0.3 is 0 Å². The van der Waals surface area contributed by atoms with Crippen LogP contribution in [0.5, 0.6) is 5.75 Å². The average Bonchev–Trinajstić information content (AvgIpc) is 2.14. The predicted octanol–water partition coefficient (Wildman–Crippen LogP) is 4.01. The summed E-state index contributed by atoms with van der Waals surface area (Å²) in [6, 6.07) is 5.23. The van der Waals surface area contributed by atoms with E-state index in [4.69, 9.17) is 27.9 Å². The molecule has 1 N–H and O–H groups in total. The number of ether oxygens (including phenoxy) is 1. The Hall–Kier alpha value is -0.440. The fourth-order valence-corrected chi connectivity index (χ4v) is 1.95. The number of benzene rings is 1. The summed E-state index contributed by atoms with van der Waals surface area (Å²) in [6.07, 6.45) is 0.0864. The minimum absolute atomic E-state index is 0.0864. The van der Waals surface area contributed by atoms with Crippen molar-refractivity contribution in [2.24, 2.45) is 5.92 Å². The summed E-state index contributed by atoms with van der Waals surface area (Å²) >= 11 is 11.8. The van der Waals surface area contributed by atoms with E-state index in [-0.39, 0.29) is 6.10 Å². The van der Waals surface area contributed by atoms with Crippen molar-refractivity contribution in [3.8, 4) is 5.75 Å². The summed E-state index contributed by atoms with van der Waals surface area (Å²) in [5, 5.41) is 4.53. The zero-order chi connectivity index (χ0) is 12.8. The molecule has 96 valence electrons. The third-order valence-corrected chi connectivity index (χ3v) is 2.59. The molecule has 1 aromatic rings. The number of rotatable bonds is 6. The SMILES string of the molecule is CC(C)CNCC(C)Oc1cc(Cl)cc(Cl)c1. The number of nitrogens with one attached hydrogen (secondary N) is 1. The summed E-state index contributed by atoms with van der Waals surface area (Å²) in [6.45, 7) is 8.17. The molecule has 0 radical (unpaired) electrons. The lowest BCUT2D eigenvalue weighted by molar-refractivity contribution is 0.215. The van der Waals surface area contributed by atoms with Crippen molar-refractivity contribution in [3.05, 3.63) is 28.2 Å². The van der Waals surface area contributed by atoms with E-state index in [0.717, 1.165) is 13.1 Å². The van der Waals surface area contributed by atoms with Crippen molar-refractivity contribution < 1.29 is 4.74 Å². The maximum absolute atomic E-state index is 5.90. The third-order valence-electron chi connectivity index (χ3n) is 2.16. The van der Waals surface area contributed by atoms with Crippen LogP contribution >= 0.6 is 23.2 Å². The van der Waals surface area contributed by atoms with E-state index in [1.54, 1.807) is 18.2 Å². The van der Waals surface area contributed by atoms with Crippen LogP contribution in [0.3, 0.4) is 0 Å². The summed E-state index contributed by atoms with van der Waals surface area (Å²) in [7, 11) is 0. The van der Waals surface area contributed by atoms with E-state index in [0.29, 0.717) is 21.7 Å². The molecule has 4 heteroatoms. The van der Waals surface area contributed by atoms with E-state index in [1.165, 1.54) is 0 Å². The van der Waals surface area contributed by atoms with Crippen LogP contribution < -0.4 is 10.1 Å². The van der Waals surface area contributed by atoms with Crippen LogP contribution in [0.1, 0.15) is 20.8 Å². The minimum Gasteiger partial charge on any atom is -0.489 e. The van der Waals surface area contributed by atoms with Crippen LogP contribution in [-0.2, 0) is 0 Å². The molecule has 0 amide bonds. The van der Waals surface area contributed by atoms with E-state index >= 15 is 0 Å². The Morgan fingerprint density at radius 2 is 1.65 bits per heavy atom. The highest BCUT2D eigenvalue weighted by Gasteiger charge is 2.06. The monoisotopic (exact) mass is 275 g/mol. The highest BCUT2D eigenvalue weighted by molar-refractivity contribution is 6.34. The van der Waals surface area contributed by atoms with Gasteiger partial charge in [-0.05, 0) is 37.6 Å². The first-order chi connectivity index (χ1) is 7.97. The molecule has 1 rings (SSSR count). The third kappa shape index (κ3) is 6.16. The number of halogens is 2. The van der Waals surface area contributed by atoms with Crippen LogP contribution in [0, 0.1) is 5.92 Å². The Bertz CT molecular complexity index is 335. The molecular weight excluding hydrogens is 257 g/mol. The molecule has 0 saturated carbocycles. The van der Waals surface area contributed by atoms with Gasteiger partial charge < -0.3 is 10.1 Å². The minimum atomic E-state index is 0.0864. The quantitative estimate of drug-likeness (QED) is 0.847. The Labute approximate surface area is 113 Å².